The Morgan fingerprint density at radius 2 is 1.78 bits per heavy atom. The van der Waals surface area contributed by atoms with Crippen LogP contribution in [0.5, 0.6) is 0 Å². The molecule has 1 aromatic carbocycles. The Kier molecular flexibility index (Phi) is 4.48. The summed E-state index contributed by atoms with van der Waals surface area (Å²) in [5.74, 6) is -1.10. The molecule has 0 aliphatic carbocycles. The summed E-state index contributed by atoms with van der Waals surface area (Å²) in [4.78, 5) is 22.1. The Balaban J connectivity index is 2.82. The van der Waals surface area contributed by atoms with Crippen LogP contribution in [0.1, 0.15) is 31.4 Å². The molecule has 0 aliphatic rings. The van der Waals surface area contributed by atoms with Crippen LogP contribution < -0.4 is 0 Å². The average molecular weight is 250 g/mol. The van der Waals surface area contributed by atoms with Crippen LogP contribution in [-0.4, -0.2) is 24.2 Å². The Morgan fingerprint density at radius 3 is 2.22 bits per heavy atom. The highest BCUT2D eigenvalue weighted by Gasteiger charge is 2.30. The lowest BCUT2D eigenvalue weighted by Crippen LogP contribution is -2.30. The van der Waals surface area contributed by atoms with Gasteiger partial charge in [0.15, 0.2) is 0 Å². The van der Waals surface area contributed by atoms with E-state index in [0.29, 0.717) is 6.42 Å². The normalized spacial score (nSPS) is 11.1. The third kappa shape index (κ3) is 3.32. The summed E-state index contributed by atoms with van der Waals surface area (Å²) in [6.45, 7) is 3.59. The van der Waals surface area contributed by atoms with E-state index in [4.69, 9.17) is 9.84 Å². The van der Waals surface area contributed by atoms with E-state index in [0.717, 1.165) is 11.1 Å². The number of esters is 1. The molecule has 1 N–H and O–H groups in total. The molecule has 0 aromatic heterocycles. The van der Waals surface area contributed by atoms with Gasteiger partial charge in [-0.2, -0.15) is 0 Å². The molecule has 0 unspecified atom stereocenters. The minimum absolute atomic E-state index is 0.111. The van der Waals surface area contributed by atoms with Crippen LogP contribution in [0.4, 0.5) is 0 Å². The van der Waals surface area contributed by atoms with Gasteiger partial charge >= 0.3 is 11.9 Å². The first-order valence-electron chi connectivity index (χ1n) is 5.77. The second-order valence-corrected chi connectivity index (χ2v) is 4.71. The topological polar surface area (TPSA) is 63.6 Å². The summed E-state index contributed by atoms with van der Waals surface area (Å²) < 4.78 is 4.76. The van der Waals surface area contributed by atoms with Crippen LogP contribution in [0, 0.1) is 0 Å². The van der Waals surface area contributed by atoms with E-state index in [2.05, 4.69) is 0 Å². The first kappa shape index (κ1) is 14.2. The van der Waals surface area contributed by atoms with Crippen LogP contribution in [-0.2, 0) is 26.2 Å². The molecule has 0 saturated heterocycles. The number of methoxy groups -OCH3 is 1. The lowest BCUT2D eigenvalue weighted by Gasteiger charge is -2.22. The predicted octanol–water partition coefficient (Wildman–Crippen LogP) is 2.15. The molecule has 0 bridgehead atoms. The van der Waals surface area contributed by atoms with Crippen molar-refractivity contribution in [3.63, 3.8) is 0 Å². The van der Waals surface area contributed by atoms with E-state index in [1.807, 2.05) is 24.3 Å². The molecule has 4 nitrogen and oxygen atoms in total. The highest BCUT2D eigenvalue weighted by atomic mass is 16.5. The van der Waals surface area contributed by atoms with E-state index in [1.165, 1.54) is 7.11 Å². The van der Waals surface area contributed by atoms with Crippen LogP contribution >= 0.6 is 0 Å². The van der Waals surface area contributed by atoms with Crippen molar-refractivity contribution in [2.45, 2.75) is 32.1 Å². The Labute approximate surface area is 107 Å². The fourth-order valence-electron chi connectivity index (χ4n) is 1.71. The van der Waals surface area contributed by atoms with Gasteiger partial charge in [-0.05, 0) is 31.4 Å². The SMILES string of the molecule is COC(=O)C(C)(C)c1ccc(CCC(=O)O)cc1. The molecular formula is C14H18O4. The molecule has 0 fully saturated rings. The highest BCUT2D eigenvalue weighted by molar-refractivity contribution is 5.82. The van der Waals surface area contributed by atoms with Crippen molar-refractivity contribution in [1.82, 2.24) is 0 Å². The Hall–Kier alpha value is -1.84. The number of ether oxygens (including phenoxy) is 1. The lowest BCUT2D eigenvalue weighted by molar-refractivity contribution is -0.146. The third-order valence-electron chi connectivity index (χ3n) is 3.00. The van der Waals surface area contributed by atoms with Crippen molar-refractivity contribution < 1.29 is 19.4 Å². The molecule has 0 aliphatic heterocycles. The number of hydrogen-bond donors (Lipinski definition) is 1. The Bertz CT molecular complexity index is 432. The zero-order valence-corrected chi connectivity index (χ0v) is 10.9. The second kappa shape index (κ2) is 5.67. The quantitative estimate of drug-likeness (QED) is 0.813. The van der Waals surface area contributed by atoms with Gasteiger partial charge < -0.3 is 9.84 Å². The second-order valence-electron chi connectivity index (χ2n) is 4.71. The Morgan fingerprint density at radius 1 is 1.22 bits per heavy atom. The maximum Gasteiger partial charge on any atom is 0.315 e. The average Bonchev–Trinajstić information content (AvgIpc) is 2.35. The summed E-state index contributed by atoms with van der Waals surface area (Å²) in [7, 11) is 1.37. The maximum absolute atomic E-state index is 11.6. The van der Waals surface area contributed by atoms with Gasteiger partial charge in [0, 0.05) is 6.42 Å². The van der Waals surface area contributed by atoms with Crippen molar-refractivity contribution in [2.24, 2.45) is 0 Å². The van der Waals surface area contributed by atoms with Gasteiger partial charge in [-0.15, -0.1) is 0 Å². The summed E-state index contributed by atoms with van der Waals surface area (Å²) in [5, 5.41) is 8.60. The fourth-order valence-corrected chi connectivity index (χ4v) is 1.71. The van der Waals surface area contributed by atoms with Crippen molar-refractivity contribution in [2.75, 3.05) is 7.11 Å². The number of carboxylic acid groups (broad SMARTS) is 1. The van der Waals surface area contributed by atoms with Crippen molar-refractivity contribution in [1.29, 1.82) is 0 Å². The summed E-state index contributed by atoms with van der Waals surface area (Å²) in [6, 6.07) is 7.38. The number of carbonyl (C=O) groups is 2. The largest absolute Gasteiger partial charge is 0.481 e. The highest BCUT2D eigenvalue weighted by Crippen LogP contribution is 2.25. The lowest BCUT2D eigenvalue weighted by atomic mass is 9.84. The van der Waals surface area contributed by atoms with Gasteiger partial charge in [-0.25, -0.2) is 0 Å². The molecule has 4 heteroatoms. The van der Waals surface area contributed by atoms with Crippen LogP contribution in [0.3, 0.4) is 0 Å². The minimum atomic E-state index is -0.811. The molecule has 1 rings (SSSR count). The van der Waals surface area contributed by atoms with Crippen LogP contribution in [0.2, 0.25) is 0 Å². The van der Waals surface area contributed by atoms with E-state index in [1.54, 1.807) is 13.8 Å². The van der Waals surface area contributed by atoms with E-state index in [9.17, 15) is 9.59 Å². The number of aryl methyl sites for hydroxylation is 1. The van der Waals surface area contributed by atoms with Crippen molar-refractivity contribution in [3.8, 4) is 0 Å². The van der Waals surface area contributed by atoms with Gasteiger partial charge in [0.2, 0.25) is 0 Å². The number of aliphatic carboxylic acids is 1. The van der Waals surface area contributed by atoms with Gasteiger partial charge in [-0.1, -0.05) is 24.3 Å². The molecule has 0 atom stereocenters. The monoisotopic (exact) mass is 250 g/mol. The molecule has 0 spiro atoms. The molecule has 98 valence electrons. The maximum atomic E-state index is 11.6. The van der Waals surface area contributed by atoms with Gasteiger partial charge in [-0.3, -0.25) is 9.59 Å². The van der Waals surface area contributed by atoms with E-state index in [-0.39, 0.29) is 12.4 Å². The van der Waals surface area contributed by atoms with E-state index < -0.39 is 11.4 Å². The van der Waals surface area contributed by atoms with Crippen LogP contribution in [0.25, 0.3) is 0 Å². The van der Waals surface area contributed by atoms with Crippen LogP contribution in [0.15, 0.2) is 24.3 Å². The van der Waals surface area contributed by atoms with Gasteiger partial charge in [0.05, 0.1) is 12.5 Å². The first-order valence-corrected chi connectivity index (χ1v) is 5.77. The fraction of sp³-hybridized carbons (Fsp3) is 0.429. The third-order valence-corrected chi connectivity index (χ3v) is 3.00. The van der Waals surface area contributed by atoms with Gasteiger partial charge in [0.1, 0.15) is 0 Å². The molecule has 1 aromatic rings. The molecule has 18 heavy (non-hydrogen) atoms. The van der Waals surface area contributed by atoms with Crippen molar-refractivity contribution >= 4 is 11.9 Å². The predicted molar refractivity (Wildman–Crippen MR) is 67.4 cm³/mol. The molecule has 0 amide bonds. The molecule has 0 heterocycles. The van der Waals surface area contributed by atoms with E-state index >= 15 is 0 Å². The van der Waals surface area contributed by atoms with Crippen molar-refractivity contribution in [3.05, 3.63) is 35.4 Å². The number of hydrogen-bond acceptors (Lipinski definition) is 3. The minimum Gasteiger partial charge on any atom is -0.481 e. The summed E-state index contributed by atoms with van der Waals surface area (Å²) in [5.41, 5.74) is 1.11. The zero-order valence-electron chi connectivity index (χ0n) is 10.9. The number of rotatable bonds is 5. The molecule has 0 saturated carbocycles. The summed E-state index contributed by atoms with van der Waals surface area (Å²) >= 11 is 0. The standard InChI is InChI=1S/C14H18O4/c1-14(2,13(17)18-3)11-7-4-10(5-8-11)6-9-12(15)16/h4-5,7-8H,6,9H2,1-3H3,(H,15,16). The number of carboxylic acids is 1. The zero-order chi connectivity index (χ0) is 13.8. The molecular weight excluding hydrogens is 232 g/mol. The van der Waals surface area contributed by atoms with Gasteiger partial charge in [0.25, 0.3) is 0 Å². The smallest absolute Gasteiger partial charge is 0.315 e. The number of carbonyl (C=O) groups excluding carboxylic acids is 1. The molecule has 0 radical (unpaired) electrons. The number of benzene rings is 1. The first-order chi connectivity index (χ1) is 8.37. The summed E-state index contributed by atoms with van der Waals surface area (Å²) in [6.07, 6.45) is 0.605.